The van der Waals surface area contributed by atoms with E-state index in [0.717, 1.165) is 23.1 Å². The highest BCUT2D eigenvalue weighted by molar-refractivity contribution is 8.19. The third-order valence-electron chi connectivity index (χ3n) is 3.93. The Balaban J connectivity index is 1.93. The van der Waals surface area contributed by atoms with Gasteiger partial charge in [0.05, 0.1) is 30.4 Å². The molecule has 0 radical (unpaired) electrons. The number of halogens is 3. The third-order valence-corrected chi connectivity index (χ3v) is 4.80. The number of nitrogens with zero attached hydrogens (tertiary/aromatic N) is 1. The molecule has 1 heterocycles. The van der Waals surface area contributed by atoms with E-state index < -0.39 is 22.9 Å². The van der Waals surface area contributed by atoms with Gasteiger partial charge in [-0.15, -0.1) is 0 Å². The van der Waals surface area contributed by atoms with Crippen molar-refractivity contribution in [2.24, 2.45) is 0 Å². The highest BCUT2D eigenvalue weighted by atomic mass is 32.2. The molecule has 2 aromatic carbocycles. The van der Waals surface area contributed by atoms with E-state index in [1.807, 2.05) is 0 Å². The van der Waals surface area contributed by atoms with Crippen LogP contribution in [-0.2, 0) is 11.0 Å². The summed E-state index contributed by atoms with van der Waals surface area (Å²) in [6.07, 6.45) is -3.10. The second-order valence-electron chi connectivity index (χ2n) is 5.68. The van der Waals surface area contributed by atoms with Gasteiger partial charge in [0.1, 0.15) is 0 Å². The van der Waals surface area contributed by atoms with Gasteiger partial charge in [-0.05, 0) is 53.7 Å². The van der Waals surface area contributed by atoms with Gasteiger partial charge in [-0.1, -0.05) is 12.1 Å². The molecule has 146 valence electrons. The number of carbonyl (C=O) groups is 2. The fourth-order valence-electron chi connectivity index (χ4n) is 2.61. The highest BCUT2D eigenvalue weighted by Gasteiger charge is 2.38. The van der Waals surface area contributed by atoms with Crippen LogP contribution < -0.4 is 14.4 Å². The van der Waals surface area contributed by atoms with Gasteiger partial charge in [0.15, 0.2) is 11.5 Å². The number of methoxy groups -OCH3 is 2. The summed E-state index contributed by atoms with van der Waals surface area (Å²) < 4.78 is 49.1. The van der Waals surface area contributed by atoms with Crippen LogP contribution in [0, 0.1) is 0 Å². The van der Waals surface area contributed by atoms with Gasteiger partial charge >= 0.3 is 6.18 Å². The third kappa shape index (κ3) is 3.84. The zero-order valence-electron chi connectivity index (χ0n) is 14.7. The van der Waals surface area contributed by atoms with Crippen LogP contribution in [0.5, 0.6) is 11.5 Å². The van der Waals surface area contributed by atoms with Crippen LogP contribution in [0.1, 0.15) is 11.1 Å². The molecule has 0 bridgehead atoms. The lowest BCUT2D eigenvalue weighted by Crippen LogP contribution is -2.28. The molecule has 9 heteroatoms. The van der Waals surface area contributed by atoms with Crippen LogP contribution in [0.25, 0.3) is 6.08 Å². The zero-order valence-corrected chi connectivity index (χ0v) is 15.6. The van der Waals surface area contributed by atoms with Crippen molar-refractivity contribution in [3.63, 3.8) is 0 Å². The minimum Gasteiger partial charge on any atom is -0.493 e. The first-order valence-corrected chi connectivity index (χ1v) is 8.73. The van der Waals surface area contributed by atoms with Crippen molar-refractivity contribution >= 4 is 34.7 Å². The SMILES string of the molecule is COc1ccc(/C=C2\SC(=O)N(c3cccc(C(F)(F)F)c3)C2=O)cc1OC. The molecule has 0 unspecified atom stereocenters. The minimum absolute atomic E-state index is 0.0923. The molecule has 0 N–H and O–H groups in total. The first-order valence-electron chi connectivity index (χ1n) is 7.92. The Morgan fingerprint density at radius 1 is 1.00 bits per heavy atom. The zero-order chi connectivity index (χ0) is 20.5. The molecule has 1 aliphatic heterocycles. The van der Waals surface area contributed by atoms with Crippen LogP contribution >= 0.6 is 11.8 Å². The Labute approximate surface area is 162 Å². The number of benzene rings is 2. The fourth-order valence-corrected chi connectivity index (χ4v) is 3.45. The van der Waals surface area contributed by atoms with Gasteiger partial charge in [-0.25, -0.2) is 4.90 Å². The smallest absolute Gasteiger partial charge is 0.416 e. The van der Waals surface area contributed by atoms with Gasteiger partial charge in [0.2, 0.25) is 0 Å². The Morgan fingerprint density at radius 2 is 1.71 bits per heavy atom. The van der Waals surface area contributed by atoms with Crippen LogP contribution in [0.15, 0.2) is 47.4 Å². The lowest BCUT2D eigenvalue weighted by Gasteiger charge is -2.14. The number of anilines is 1. The molecule has 1 fully saturated rings. The summed E-state index contributed by atoms with van der Waals surface area (Å²) in [6, 6.07) is 9.01. The molecule has 2 aromatic rings. The Kier molecular flexibility index (Phi) is 5.37. The standard InChI is InChI=1S/C19H14F3NO4S/c1-26-14-7-6-11(8-15(14)27-2)9-16-17(24)23(18(25)28-16)13-5-3-4-12(10-13)19(20,21)22/h3-10H,1-2H3/b16-9-. The van der Waals surface area contributed by atoms with Gasteiger partial charge in [-0.2, -0.15) is 13.2 Å². The summed E-state index contributed by atoms with van der Waals surface area (Å²) in [5.74, 6) is 0.245. The quantitative estimate of drug-likeness (QED) is 0.668. The van der Waals surface area contributed by atoms with E-state index in [9.17, 15) is 22.8 Å². The number of imide groups is 1. The molecule has 0 spiro atoms. The van der Waals surface area contributed by atoms with E-state index in [-0.39, 0.29) is 10.6 Å². The Morgan fingerprint density at radius 3 is 2.36 bits per heavy atom. The average Bonchev–Trinajstić information content (AvgIpc) is 2.94. The van der Waals surface area contributed by atoms with E-state index in [2.05, 4.69) is 0 Å². The lowest BCUT2D eigenvalue weighted by atomic mass is 10.1. The summed E-state index contributed by atoms with van der Waals surface area (Å²) in [6.45, 7) is 0. The topological polar surface area (TPSA) is 55.8 Å². The number of carbonyl (C=O) groups excluding carboxylic acids is 2. The second-order valence-corrected chi connectivity index (χ2v) is 6.67. The molecular weight excluding hydrogens is 395 g/mol. The van der Waals surface area contributed by atoms with E-state index >= 15 is 0 Å². The highest BCUT2D eigenvalue weighted by Crippen LogP contribution is 2.39. The fraction of sp³-hybridized carbons (Fsp3) is 0.158. The largest absolute Gasteiger partial charge is 0.493 e. The van der Waals surface area contributed by atoms with Crippen molar-refractivity contribution in [2.75, 3.05) is 19.1 Å². The van der Waals surface area contributed by atoms with Crippen molar-refractivity contribution in [1.29, 1.82) is 0 Å². The van der Waals surface area contributed by atoms with Crippen molar-refractivity contribution in [1.82, 2.24) is 0 Å². The van der Waals surface area contributed by atoms with Gasteiger partial charge in [0.25, 0.3) is 11.1 Å². The monoisotopic (exact) mass is 409 g/mol. The summed E-state index contributed by atoms with van der Waals surface area (Å²) in [7, 11) is 2.95. The van der Waals surface area contributed by atoms with E-state index in [1.165, 1.54) is 26.4 Å². The van der Waals surface area contributed by atoms with Crippen molar-refractivity contribution < 1.29 is 32.2 Å². The molecular formula is C19H14F3NO4S. The predicted octanol–water partition coefficient (Wildman–Crippen LogP) is 4.96. The molecule has 28 heavy (non-hydrogen) atoms. The van der Waals surface area contributed by atoms with Crippen molar-refractivity contribution in [3.8, 4) is 11.5 Å². The van der Waals surface area contributed by atoms with E-state index in [1.54, 1.807) is 18.2 Å². The van der Waals surface area contributed by atoms with Crippen LogP contribution in [0.4, 0.5) is 23.7 Å². The minimum atomic E-state index is -4.58. The number of hydrogen-bond donors (Lipinski definition) is 0. The number of alkyl halides is 3. The first kappa shape index (κ1) is 19.8. The molecule has 0 saturated carbocycles. The van der Waals surface area contributed by atoms with Gasteiger partial charge < -0.3 is 9.47 Å². The maximum absolute atomic E-state index is 12.9. The summed E-state index contributed by atoms with van der Waals surface area (Å²) >= 11 is 0.653. The first-order chi connectivity index (χ1) is 13.2. The van der Waals surface area contributed by atoms with Crippen LogP contribution in [0.2, 0.25) is 0 Å². The average molecular weight is 409 g/mol. The molecule has 0 aliphatic carbocycles. The molecule has 3 rings (SSSR count). The molecule has 2 amide bonds. The van der Waals surface area contributed by atoms with E-state index in [4.69, 9.17) is 9.47 Å². The number of rotatable bonds is 4. The summed E-state index contributed by atoms with van der Waals surface area (Å²) in [5.41, 5.74) is -0.492. The second kappa shape index (κ2) is 7.59. The lowest BCUT2D eigenvalue weighted by molar-refractivity contribution is -0.137. The summed E-state index contributed by atoms with van der Waals surface area (Å²) in [4.78, 5) is 25.7. The normalized spacial score (nSPS) is 16.0. The maximum atomic E-state index is 12.9. The van der Waals surface area contributed by atoms with Crippen LogP contribution in [-0.4, -0.2) is 25.4 Å². The number of thioether (sulfide) groups is 1. The Bertz CT molecular complexity index is 972. The molecule has 5 nitrogen and oxygen atoms in total. The van der Waals surface area contributed by atoms with Crippen molar-refractivity contribution in [3.05, 3.63) is 58.5 Å². The molecule has 1 saturated heterocycles. The summed E-state index contributed by atoms with van der Waals surface area (Å²) in [5, 5.41) is -0.670. The van der Waals surface area contributed by atoms with Crippen LogP contribution in [0.3, 0.4) is 0 Å². The number of ether oxygens (including phenoxy) is 2. The molecule has 0 atom stereocenters. The van der Waals surface area contributed by atoms with Gasteiger partial charge in [-0.3, -0.25) is 9.59 Å². The Hall–Kier alpha value is -2.94. The molecule has 1 aliphatic rings. The van der Waals surface area contributed by atoms with Gasteiger partial charge in [0, 0.05) is 0 Å². The predicted molar refractivity (Wildman–Crippen MR) is 99.4 cm³/mol. The molecule has 0 aromatic heterocycles. The van der Waals surface area contributed by atoms with E-state index in [0.29, 0.717) is 28.8 Å². The maximum Gasteiger partial charge on any atom is 0.416 e. The number of amides is 2. The van der Waals surface area contributed by atoms with Crippen molar-refractivity contribution in [2.45, 2.75) is 6.18 Å². The number of hydrogen-bond acceptors (Lipinski definition) is 5.